The molecule has 2 rings (SSSR count). The molecule has 0 aliphatic carbocycles. The lowest BCUT2D eigenvalue weighted by atomic mass is 10.00. The largest absolute Gasteiger partial charge is 0.383 e. The predicted molar refractivity (Wildman–Crippen MR) is 103 cm³/mol. The van der Waals surface area contributed by atoms with Crippen molar-refractivity contribution < 1.29 is 5.11 Å². The highest BCUT2D eigenvalue weighted by Crippen LogP contribution is 2.23. The van der Waals surface area contributed by atoms with Gasteiger partial charge in [0.15, 0.2) is 5.96 Å². The van der Waals surface area contributed by atoms with Gasteiger partial charge in [0.25, 0.3) is 0 Å². The molecular weight excluding hydrogens is 342 g/mol. The second-order valence-corrected chi connectivity index (χ2v) is 7.00. The predicted octanol–water partition coefficient (Wildman–Crippen LogP) is 3.41. The summed E-state index contributed by atoms with van der Waals surface area (Å²) in [4.78, 5) is 4.51. The van der Waals surface area contributed by atoms with Crippen LogP contribution in [-0.4, -0.2) is 30.7 Å². The molecule has 0 amide bonds. The number of hydrogen-bond acceptors (Lipinski definition) is 3. The fraction of sp³-hybridized carbons (Fsp3) is 0.389. The SMILES string of the molecule is CCNC(=NCC(C)(O)c1ccsc1)NCCc1cccc(Cl)c1. The quantitative estimate of drug-likeness (QED) is 0.520. The van der Waals surface area contributed by atoms with Gasteiger partial charge in [-0.25, -0.2) is 4.99 Å². The molecule has 0 bridgehead atoms. The third-order valence-electron chi connectivity index (χ3n) is 3.63. The molecule has 1 aromatic heterocycles. The van der Waals surface area contributed by atoms with Crippen molar-refractivity contribution in [2.45, 2.75) is 25.9 Å². The number of aliphatic hydroxyl groups is 1. The first-order valence-corrected chi connectivity index (χ1v) is 9.35. The zero-order valence-electron chi connectivity index (χ0n) is 14.1. The molecule has 1 atom stereocenters. The maximum absolute atomic E-state index is 10.6. The van der Waals surface area contributed by atoms with Gasteiger partial charge in [0, 0.05) is 18.1 Å². The number of hydrogen-bond donors (Lipinski definition) is 3. The molecule has 6 heteroatoms. The minimum Gasteiger partial charge on any atom is -0.383 e. The third kappa shape index (κ3) is 5.82. The number of benzene rings is 1. The molecule has 2 aromatic rings. The van der Waals surface area contributed by atoms with E-state index < -0.39 is 5.60 Å². The lowest BCUT2D eigenvalue weighted by molar-refractivity contribution is 0.0677. The maximum Gasteiger partial charge on any atom is 0.191 e. The van der Waals surface area contributed by atoms with Crippen molar-refractivity contribution in [1.29, 1.82) is 0 Å². The summed E-state index contributed by atoms with van der Waals surface area (Å²) in [5.74, 6) is 0.704. The Morgan fingerprint density at radius 1 is 1.33 bits per heavy atom. The van der Waals surface area contributed by atoms with E-state index in [0.29, 0.717) is 12.5 Å². The Hall–Kier alpha value is -1.56. The van der Waals surface area contributed by atoms with E-state index in [9.17, 15) is 5.11 Å². The summed E-state index contributed by atoms with van der Waals surface area (Å²) in [6.45, 7) is 5.62. The summed E-state index contributed by atoms with van der Waals surface area (Å²) in [7, 11) is 0. The Kier molecular flexibility index (Phi) is 7.09. The highest BCUT2D eigenvalue weighted by molar-refractivity contribution is 7.08. The van der Waals surface area contributed by atoms with Crippen molar-refractivity contribution in [1.82, 2.24) is 10.6 Å². The number of thiophene rings is 1. The van der Waals surface area contributed by atoms with Crippen LogP contribution >= 0.6 is 22.9 Å². The molecule has 1 heterocycles. The van der Waals surface area contributed by atoms with Crippen molar-refractivity contribution in [3.63, 3.8) is 0 Å². The van der Waals surface area contributed by atoms with Gasteiger partial charge < -0.3 is 15.7 Å². The number of guanidine groups is 1. The molecule has 0 aliphatic heterocycles. The van der Waals surface area contributed by atoms with Crippen LogP contribution in [-0.2, 0) is 12.0 Å². The first-order chi connectivity index (χ1) is 11.5. The topological polar surface area (TPSA) is 56.7 Å². The summed E-state index contributed by atoms with van der Waals surface area (Å²) >= 11 is 7.57. The van der Waals surface area contributed by atoms with Crippen LogP contribution in [0.15, 0.2) is 46.1 Å². The summed E-state index contributed by atoms with van der Waals surface area (Å²) in [5.41, 5.74) is 1.11. The average molecular weight is 366 g/mol. The van der Waals surface area contributed by atoms with E-state index >= 15 is 0 Å². The lowest BCUT2D eigenvalue weighted by Crippen LogP contribution is -2.39. The summed E-state index contributed by atoms with van der Waals surface area (Å²) in [6, 6.07) is 9.78. The fourth-order valence-electron chi connectivity index (χ4n) is 2.25. The van der Waals surface area contributed by atoms with E-state index in [-0.39, 0.29) is 0 Å². The van der Waals surface area contributed by atoms with Crippen molar-refractivity contribution in [3.8, 4) is 0 Å². The van der Waals surface area contributed by atoms with Gasteiger partial charge in [-0.15, -0.1) is 0 Å². The van der Waals surface area contributed by atoms with E-state index in [0.717, 1.165) is 30.1 Å². The summed E-state index contributed by atoms with van der Waals surface area (Å²) in [5, 5.41) is 21.7. The van der Waals surface area contributed by atoms with E-state index in [1.54, 1.807) is 18.3 Å². The highest BCUT2D eigenvalue weighted by atomic mass is 35.5. The van der Waals surface area contributed by atoms with Crippen LogP contribution in [0.4, 0.5) is 0 Å². The molecule has 4 nitrogen and oxygen atoms in total. The van der Waals surface area contributed by atoms with Crippen LogP contribution in [0.2, 0.25) is 5.02 Å². The Balaban J connectivity index is 1.91. The van der Waals surface area contributed by atoms with Crippen molar-refractivity contribution in [2.24, 2.45) is 4.99 Å². The van der Waals surface area contributed by atoms with Gasteiger partial charge >= 0.3 is 0 Å². The fourth-order valence-corrected chi connectivity index (χ4v) is 3.25. The number of halogens is 1. The molecule has 24 heavy (non-hydrogen) atoms. The molecule has 130 valence electrons. The Bertz CT molecular complexity index is 656. The van der Waals surface area contributed by atoms with E-state index in [2.05, 4.69) is 21.7 Å². The molecule has 1 aromatic carbocycles. The summed E-state index contributed by atoms with van der Waals surface area (Å²) in [6.07, 6.45) is 0.853. The second kappa shape index (κ2) is 9.06. The standard InChI is InChI=1S/C18H24ClN3OS/c1-3-20-17(21-9-7-14-5-4-6-16(19)11-14)22-13-18(2,23)15-8-10-24-12-15/h4-6,8,10-12,23H,3,7,9,13H2,1-2H3,(H2,20,21,22). The van der Waals surface area contributed by atoms with Gasteiger partial charge in [0.2, 0.25) is 0 Å². The molecular formula is C18H24ClN3OS. The van der Waals surface area contributed by atoms with Crippen LogP contribution < -0.4 is 10.6 Å². The number of aliphatic imine (C=N–C) groups is 1. The van der Waals surface area contributed by atoms with Crippen LogP contribution in [0.25, 0.3) is 0 Å². The monoisotopic (exact) mass is 365 g/mol. The van der Waals surface area contributed by atoms with Crippen LogP contribution in [0.3, 0.4) is 0 Å². The molecule has 0 spiro atoms. The Labute approximate surface area is 152 Å². The van der Waals surface area contributed by atoms with E-state index in [1.165, 1.54) is 5.56 Å². The smallest absolute Gasteiger partial charge is 0.191 e. The number of rotatable bonds is 7. The minimum atomic E-state index is -0.963. The lowest BCUT2D eigenvalue weighted by Gasteiger charge is -2.21. The van der Waals surface area contributed by atoms with Crippen LogP contribution in [0.5, 0.6) is 0 Å². The molecule has 1 unspecified atom stereocenters. The zero-order valence-corrected chi connectivity index (χ0v) is 15.6. The van der Waals surface area contributed by atoms with Gasteiger partial charge in [0.05, 0.1) is 6.54 Å². The van der Waals surface area contributed by atoms with E-state index in [1.807, 2.05) is 41.9 Å². The van der Waals surface area contributed by atoms with Crippen molar-refractivity contribution in [2.75, 3.05) is 19.6 Å². The Morgan fingerprint density at radius 3 is 2.83 bits per heavy atom. The van der Waals surface area contributed by atoms with Gasteiger partial charge in [-0.3, -0.25) is 0 Å². The molecule has 0 radical (unpaired) electrons. The minimum absolute atomic E-state index is 0.302. The first-order valence-electron chi connectivity index (χ1n) is 8.03. The van der Waals surface area contributed by atoms with Gasteiger partial charge in [-0.2, -0.15) is 11.3 Å². The number of nitrogens with zero attached hydrogens (tertiary/aromatic N) is 1. The van der Waals surface area contributed by atoms with Gasteiger partial charge in [0.1, 0.15) is 5.60 Å². The normalized spacial score (nSPS) is 14.2. The maximum atomic E-state index is 10.6. The zero-order chi connectivity index (χ0) is 17.4. The average Bonchev–Trinajstić information content (AvgIpc) is 3.08. The molecule has 0 fully saturated rings. The van der Waals surface area contributed by atoms with Gasteiger partial charge in [-0.1, -0.05) is 23.7 Å². The Morgan fingerprint density at radius 2 is 2.17 bits per heavy atom. The second-order valence-electron chi connectivity index (χ2n) is 5.79. The molecule has 0 aliphatic rings. The molecule has 0 saturated carbocycles. The van der Waals surface area contributed by atoms with Crippen molar-refractivity contribution in [3.05, 3.63) is 57.2 Å². The van der Waals surface area contributed by atoms with Crippen LogP contribution in [0.1, 0.15) is 25.0 Å². The van der Waals surface area contributed by atoms with E-state index in [4.69, 9.17) is 11.6 Å². The van der Waals surface area contributed by atoms with Gasteiger partial charge in [-0.05, 0) is 60.4 Å². The summed E-state index contributed by atoms with van der Waals surface area (Å²) < 4.78 is 0. The number of nitrogens with one attached hydrogen (secondary N) is 2. The first kappa shape index (κ1) is 18.8. The molecule has 3 N–H and O–H groups in total. The van der Waals surface area contributed by atoms with Crippen LogP contribution in [0, 0.1) is 0 Å². The van der Waals surface area contributed by atoms with Crippen molar-refractivity contribution >= 4 is 28.9 Å². The third-order valence-corrected chi connectivity index (χ3v) is 4.55. The molecule has 0 saturated heterocycles. The highest BCUT2D eigenvalue weighted by Gasteiger charge is 2.23.